The summed E-state index contributed by atoms with van der Waals surface area (Å²) in [5.74, 6) is 0. The Kier molecular flexibility index (Phi) is 4.30. The van der Waals surface area contributed by atoms with E-state index in [1.165, 1.54) is 18.0 Å². The van der Waals surface area contributed by atoms with Crippen LogP contribution in [0.3, 0.4) is 0 Å². The molecule has 0 fully saturated rings. The fraction of sp³-hybridized carbons (Fsp3) is 0.364. The Labute approximate surface area is 80.8 Å². The lowest BCUT2D eigenvalue weighted by atomic mass is 9.44. The first-order valence-electron chi connectivity index (χ1n) is 4.88. The molecule has 0 spiro atoms. The smallest absolute Gasteiger partial charge is 0.172 e. The van der Waals surface area contributed by atoms with Crippen LogP contribution < -0.4 is 5.46 Å². The number of benzene rings is 1. The van der Waals surface area contributed by atoms with E-state index in [1.807, 2.05) is 6.07 Å². The summed E-state index contributed by atoms with van der Waals surface area (Å²) in [4.78, 5) is 0. The van der Waals surface area contributed by atoms with Gasteiger partial charge in [-0.05, 0) is 12.6 Å². The van der Waals surface area contributed by atoms with Gasteiger partial charge in [0.15, 0.2) is 6.71 Å². The average molecular weight is 173 g/mol. The third-order valence-corrected chi connectivity index (χ3v) is 2.35. The van der Waals surface area contributed by atoms with Crippen LogP contribution in [0.2, 0.25) is 13.1 Å². The van der Waals surface area contributed by atoms with E-state index in [1.54, 1.807) is 0 Å². The molecule has 1 nitrogen and oxygen atoms in total. The van der Waals surface area contributed by atoms with E-state index >= 15 is 0 Å². The lowest BCUT2D eigenvalue weighted by Gasteiger charge is -2.06. The molecule has 0 aliphatic carbocycles. The third kappa shape index (κ3) is 3.45. The molecular formula is C11H16BN. The summed E-state index contributed by atoms with van der Waals surface area (Å²) in [5, 5.41) is 6.93. The van der Waals surface area contributed by atoms with Gasteiger partial charge in [0.25, 0.3) is 0 Å². The molecule has 0 aliphatic heterocycles. The van der Waals surface area contributed by atoms with Gasteiger partial charge in [0.2, 0.25) is 0 Å². The van der Waals surface area contributed by atoms with E-state index in [9.17, 15) is 0 Å². The van der Waals surface area contributed by atoms with Gasteiger partial charge >= 0.3 is 0 Å². The number of nitrogens with one attached hydrogen (secondary N) is 1. The van der Waals surface area contributed by atoms with E-state index in [0.717, 1.165) is 12.8 Å². The minimum atomic E-state index is 0.626. The second-order valence-electron chi connectivity index (χ2n) is 3.45. The van der Waals surface area contributed by atoms with Gasteiger partial charge < -0.3 is 5.41 Å². The van der Waals surface area contributed by atoms with Crippen LogP contribution in [0.1, 0.15) is 12.8 Å². The molecular weight excluding hydrogens is 157 g/mol. The summed E-state index contributed by atoms with van der Waals surface area (Å²) >= 11 is 0. The van der Waals surface area contributed by atoms with Crippen molar-refractivity contribution < 1.29 is 0 Å². The quantitative estimate of drug-likeness (QED) is 0.401. The Morgan fingerprint density at radius 1 is 1.31 bits per heavy atom. The molecule has 13 heavy (non-hydrogen) atoms. The van der Waals surface area contributed by atoms with E-state index in [2.05, 4.69) is 31.1 Å². The predicted octanol–water partition coefficient (Wildman–Crippen LogP) is 2.45. The summed E-state index contributed by atoms with van der Waals surface area (Å²) in [7, 11) is 0. The minimum Gasteiger partial charge on any atom is -0.313 e. The van der Waals surface area contributed by atoms with Crippen molar-refractivity contribution in [3.8, 4) is 0 Å². The topological polar surface area (TPSA) is 23.9 Å². The molecule has 0 aliphatic rings. The van der Waals surface area contributed by atoms with E-state index in [0.29, 0.717) is 6.71 Å². The van der Waals surface area contributed by atoms with Gasteiger partial charge in [-0.2, -0.15) is 0 Å². The minimum absolute atomic E-state index is 0.626. The van der Waals surface area contributed by atoms with Gasteiger partial charge in [-0.3, -0.25) is 0 Å². The molecule has 0 amide bonds. The standard InChI is InChI=1S/C11H16BN/c1-12(9-5-6-10-13)11-7-3-2-4-8-11/h2-4,7-8,10,13H,5-6,9H2,1H3. The van der Waals surface area contributed by atoms with Crippen LogP contribution >= 0.6 is 0 Å². The molecule has 1 aromatic carbocycles. The van der Waals surface area contributed by atoms with Gasteiger partial charge in [-0.15, -0.1) is 0 Å². The van der Waals surface area contributed by atoms with Crippen molar-refractivity contribution in [2.24, 2.45) is 0 Å². The van der Waals surface area contributed by atoms with Crippen molar-refractivity contribution in [1.29, 1.82) is 5.41 Å². The zero-order chi connectivity index (χ0) is 9.52. The highest BCUT2D eigenvalue weighted by atomic mass is 14.3. The molecule has 0 saturated heterocycles. The molecule has 0 aromatic heterocycles. The average Bonchev–Trinajstić information content (AvgIpc) is 2.19. The lowest BCUT2D eigenvalue weighted by molar-refractivity contribution is 0.988. The molecule has 1 N–H and O–H groups in total. The second kappa shape index (κ2) is 5.57. The molecule has 0 heterocycles. The van der Waals surface area contributed by atoms with Crippen LogP contribution in [-0.2, 0) is 0 Å². The van der Waals surface area contributed by atoms with Crippen molar-refractivity contribution in [3.63, 3.8) is 0 Å². The molecule has 0 atom stereocenters. The first kappa shape index (κ1) is 10.0. The first-order valence-corrected chi connectivity index (χ1v) is 4.88. The molecule has 2 heteroatoms. The zero-order valence-corrected chi connectivity index (χ0v) is 8.16. The maximum atomic E-state index is 6.93. The monoisotopic (exact) mass is 173 g/mol. The Bertz CT molecular complexity index is 246. The molecule has 0 saturated carbocycles. The summed E-state index contributed by atoms with van der Waals surface area (Å²) in [5.41, 5.74) is 1.41. The van der Waals surface area contributed by atoms with Gasteiger partial charge in [-0.25, -0.2) is 0 Å². The highest BCUT2D eigenvalue weighted by molar-refractivity contribution is 6.71. The number of rotatable bonds is 5. The predicted molar refractivity (Wildman–Crippen MR) is 60.5 cm³/mol. The van der Waals surface area contributed by atoms with E-state index in [-0.39, 0.29) is 0 Å². The second-order valence-corrected chi connectivity index (χ2v) is 3.45. The van der Waals surface area contributed by atoms with E-state index < -0.39 is 0 Å². The number of hydrogen-bond donors (Lipinski definition) is 1. The van der Waals surface area contributed by atoms with Crippen LogP contribution in [0.4, 0.5) is 0 Å². The molecule has 68 valence electrons. The normalized spacial score (nSPS) is 9.62. The van der Waals surface area contributed by atoms with Crippen LogP contribution in [0, 0.1) is 5.41 Å². The first-order chi connectivity index (χ1) is 6.34. The molecule has 1 rings (SSSR count). The van der Waals surface area contributed by atoms with Crippen molar-refractivity contribution in [1.82, 2.24) is 0 Å². The van der Waals surface area contributed by atoms with Crippen LogP contribution in [0.15, 0.2) is 30.3 Å². The van der Waals surface area contributed by atoms with Crippen LogP contribution in [-0.4, -0.2) is 12.9 Å². The van der Waals surface area contributed by atoms with Gasteiger partial charge in [0, 0.05) is 0 Å². The molecule has 0 bridgehead atoms. The summed E-state index contributed by atoms with van der Waals surface area (Å²) < 4.78 is 0. The fourth-order valence-electron chi connectivity index (χ4n) is 1.47. The van der Waals surface area contributed by atoms with Crippen LogP contribution in [0.5, 0.6) is 0 Å². The molecule has 0 unspecified atom stereocenters. The Morgan fingerprint density at radius 3 is 2.62 bits per heavy atom. The van der Waals surface area contributed by atoms with E-state index in [4.69, 9.17) is 5.41 Å². The van der Waals surface area contributed by atoms with Crippen molar-refractivity contribution in [3.05, 3.63) is 30.3 Å². The Hall–Kier alpha value is -1.05. The maximum absolute atomic E-state index is 6.93. The maximum Gasteiger partial charge on any atom is 0.172 e. The zero-order valence-electron chi connectivity index (χ0n) is 8.16. The van der Waals surface area contributed by atoms with Crippen molar-refractivity contribution in [2.45, 2.75) is 26.0 Å². The summed E-state index contributed by atoms with van der Waals surface area (Å²) in [6.07, 6.45) is 4.72. The molecule has 1 aromatic rings. The van der Waals surface area contributed by atoms with Gasteiger partial charge in [-0.1, -0.05) is 55.4 Å². The highest BCUT2D eigenvalue weighted by Gasteiger charge is 2.07. The SMILES string of the molecule is CB(CCCC=N)c1ccccc1. The van der Waals surface area contributed by atoms with Crippen molar-refractivity contribution >= 4 is 18.4 Å². The largest absolute Gasteiger partial charge is 0.313 e. The lowest BCUT2D eigenvalue weighted by Crippen LogP contribution is -2.25. The fourth-order valence-corrected chi connectivity index (χ4v) is 1.47. The summed E-state index contributed by atoms with van der Waals surface area (Å²) in [6, 6.07) is 10.6. The highest BCUT2D eigenvalue weighted by Crippen LogP contribution is 2.00. The Morgan fingerprint density at radius 2 is 2.00 bits per heavy atom. The Balaban J connectivity index is 2.39. The van der Waals surface area contributed by atoms with Crippen molar-refractivity contribution in [2.75, 3.05) is 0 Å². The number of unbranched alkanes of at least 4 members (excludes halogenated alkanes) is 1. The third-order valence-electron chi connectivity index (χ3n) is 2.35. The van der Waals surface area contributed by atoms with Gasteiger partial charge in [0.1, 0.15) is 0 Å². The molecule has 0 radical (unpaired) electrons. The van der Waals surface area contributed by atoms with Crippen LogP contribution in [0.25, 0.3) is 0 Å². The summed E-state index contributed by atoms with van der Waals surface area (Å²) in [6.45, 7) is 2.88. The van der Waals surface area contributed by atoms with Gasteiger partial charge in [0.05, 0.1) is 0 Å². The number of hydrogen-bond acceptors (Lipinski definition) is 1.